The number of hydrogen-bond acceptors (Lipinski definition) is 0. The van der Waals surface area contributed by atoms with Crippen molar-refractivity contribution in [3.05, 3.63) is 151 Å². The van der Waals surface area contributed by atoms with Gasteiger partial charge in [0.25, 0.3) is 0 Å². The summed E-state index contributed by atoms with van der Waals surface area (Å²) in [6, 6.07) is 52.8. The van der Waals surface area contributed by atoms with Gasteiger partial charge in [0.15, 0.2) is 0 Å². The van der Waals surface area contributed by atoms with Gasteiger partial charge in [0.05, 0.1) is 11.0 Å². The third-order valence-electron chi connectivity index (χ3n) is 10.7. The lowest BCUT2D eigenvalue weighted by Gasteiger charge is -2.18. The van der Waals surface area contributed by atoms with E-state index in [-0.39, 0.29) is 0 Å². The zero-order valence-corrected chi connectivity index (χ0v) is 28.5. The van der Waals surface area contributed by atoms with Gasteiger partial charge in [-0.1, -0.05) is 124 Å². The Morgan fingerprint density at radius 2 is 0.939 bits per heavy atom. The number of fused-ring (bicyclic) bond motifs is 10. The Bertz CT molecular complexity index is 2610. The van der Waals surface area contributed by atoms with E-state index in [4.69, 9.17) is 0 Å². The molecule has 0 saturated carbocycles. The van der Waals surface area contributed by atoms with Crippen LogP contribution in [-0.2, 0) is 12.8 Å². The van der Waals surface area contributed by atoms with Crippen LogP contribution in [0.2, 0.25) is 0 Å². The number of benzene rings is 8. The van der Waals surface area contributed by atoms with Crippen molar-refractivity contribution >= 4 is 64.9 Å². The van der Waals surface area contributed by atoms with Gasteiger partial charge >= 0.3 is 0 Å². The van der Waals surface area contributed by atoms with Crippen LogP contribution in [-0.4, -0.2) is 4.57 Å². The Morgan fingerprint density at radius 3 is 1.53 bits per heavy atom. The average molecular weight is 632 g/mol. The molecule has 0 N–H and O–H groups in total. The summed E-state index contributed by atoms with van der Waals surface area (Å²) in [5, 5.41) is 13.2. The highest BCUT2D eigenvalue weighted by molar-refractivity contribution is 6.32. The normalized spacial score (nSPS) is 12.0. The van der Waals surface area contributed by atoms with Crippen LogP contribution in [0.25, 0.3) is 81.7 Å². The molecule has 0 unspecified atom stereocenters. The molecule has 0 aliphatic heterocycles. The second kappa shape index (κ2) is 12.2. The minimum absolute atomic E-state index is 1.13. The molecular formula is C48H41N. The molecule has 0 saturated heterocycles. The number of rotatable bonds is 8. The molecule has 0 aliphatic carbocycles. The van der Waals surface area contributed by atoms with E-state index in [1.807, 2.05) is 0 Å². The van der Waals surface area contributed by atoms with Gasteiger partial charge in [0, 0.05) is 16.5 Å². The molecule has 49 heavy (non-hydrogen) atoms. The van der Waals surface area contributed by atoms with Crippen LogP contribution in [0.5, 0.6) is 0 Å². The smallest absolute Gasteiger partial charge is 0.0541 e. The average Bonchev–Trinajstić information content (AvgIpc) is 3.48. The molecule has 0 amide bonds. The van der Waals surface area contributed by atoms with Crippen molar-refractivity contribution in [2.45, 2.75) is 52.4 Å². The lowest BCUT2D eigenvalue weighted by Crippen LogP contribution is -1.95. The fourth-order valence-corrected chi connectivity index (χ4v) is 8.27. The number of aryl methyl sites for hydroxylation is 2. The molecule has 0 bridgehead atoms. The minimum Gasteiger partial charge on any atom is -0.309 e. The summed E-state index contributed by atoms with van der Waals surface area (Å²) in [7, 11) is 0. The molecule has 1 aromatic heterocycles. The fourth-order valence-electron chi connectivity index (χ4n) is 8.27. The molecule has 1 nitrogen and oxygen atoms in total. The van der Waals surface area contributed by atoms with Crippen molar-refractivity contribution in [1.82, 2.24) is 4.57 Å². The third kappa shape index (κ3) is 4.91. The Hall–Kier alpha value is -5.40. The number of nitrogens with zero attached hydrogens (tertiary/aromatic N) is 1. The Labute approximate surface area is 288 Å². The van der Waals surface area contributed by atoms with Crippen LogP contribution in [0.1, 0.15) is 50.7 Å². The van der Waals surface area contributed by atoms with Crippen LogP contribution >= 0.6 is 0 Å². The van der Waals surface area contributed by atoms with Crippen LogP contribution in [0, 0.1) is 0 Å². The molecule has 1 heteroatoms. The first-order valence-electron chi connectivity index (χ1n) is 18.1. The minimum atomic E-state index is 1.13. The molecule has 8 aromatic carbocycles. The molecule has 9 rings (SSSR count). The predicted molar refractivity (Wildman–Crippen MR) is 213 cm³/mol. The molecule has 9 aromatic rings. The number of hydrogen-bond donors (Lipinski definition) is 0. The molecule has 0 spiro atoms. The van der Waals surface area contributed by atoms with E-state index in [1.54, 1.807) is 0 Å². The van der Waals surface area contributed by atoms with Crippen LogP contribution in [0.3, 0.4) is 0 Å². The summed E-state index contributed by atoms with van der Waals surface area (Å²) in [6.07, 6.45) is 7.14. The van der Waals surface area contributed by atoms with Crippen molar-refractivity contribution in [1.29, 1.82) is 0 Å². The van der Waals surface area contributed by atoms with E-state index in [0.29, 0.717) is 0 Å². The maximum atomic E-state index is 2.48. The molecule has 1 heterocycles. The van der Waals surface area contributed by atoms with Gasteiger partial charge in [-0.25, -0.2) is 0 Å². The van der Waals surface area contributed by atoms with Gasteiger partial charge < -0.3 is 4.57 Å². The summed E-state index contributed by atoms with van der Waals surface area (Å²) < 4.78 is 2.48. The SMILES string of the molecule is CCCCc1ccc2c(c1)c1cc(CCCC)ccc1n2-c1ccc(-c2c3ccccc3cc3c4ccccc4c4ccccc4c23)cc1. The van der Waals surface area contributed by atoms with E-state index >= 15 is 0 Å². The predicted octanol–water partition coefficient (Wildman–Crippen LogP) is 13.7. The topological polar surface area (TPSA) is 4.93 Å². The summed E-state index contributed by atoms with van der Waals surface area (Å²) in [5.41, 5.74) is 9.19. The summed E-state index contributed by atoms with van der Waals surface area (Å²) >= 11 is 0. The van der Waals surface area contributed by atoms with Gasteiger partial charge in [0.1, 0.15) is 0 Å². The van der Waals surface area contributed by atoms with E-state index in [9.17, 15) is 0 Å². The summed E-state index contributed by atoms with van der Waals surface area (Å²) in [4.78, 5) is 0. The van der Waals surface area contributed by atoms with Crippen molar-refractivity contribution in [2.75, 3.05) is 0 Å². The first-order valence-corrected chi connectivity index (χ1v) is 18.1. The molecule has 238 valence electrons. The lowest BCUT2D eigenvalue weighted by atomic mass is 9.86. The highest BCUT2D eigenvalue weighted by atomic mass is 15.0. The summed E-state index contributed by atoms with van der Waals surface area (Å²) in [6.45, 7) is 4.56. The molecular weight excluding hydrogens is 591 g/mol. The molecule has 0 fully saturated rings. The quantitative estimate of drug-likeness (QED) is 0.116. The second-order valence-corrected chi connectivity index (χ2v) is 13.8. The van der Waals surface area contributed by atoms with Crippen LogP contribution < -0.4 is 0 Å². The van der Waals surface area contributed by atoms with Crippen molar-refractivity contribution < 1.29 is 0 Å². The van der Waals surface area contributed by atoms with Gasteiger partial charge in [-0.3, -0.25) is 0 Å². The van der Waals surface area contributed by atoms with Crippen molar-refractivity contribution in [3.63, 3.8) is 0 Å². The molecule has 0 radical (unpaired) electrons. The summed E-state index contributed by atoms with van der Waals surface area (Å²) in [5.74, 6) is 0. The van der Waals surface area contributed by atoms with E-state index in [0.717, 1.165) is 12.8 Å². The monoisotopic (exact) mass is 631 g/mol. The maximum Gasteiger partial charge on any atom is 0.0541 e. The lowest BCUT2D eigenvalue weighted by molar-refractivity contribution is 0.795. The largest absolute Gasteiger partial charge is 0.309 e. The Kier molecular flexibility index (Phi) is 7.42. The molecule has 0 aliphatic rings. The van der Waals surface area contributed by atoms with E-state index in [1.165, 1.54) is 119 Å². The highest BCUT2D eigenvalue weighted by Crippen LogP contribution is 2.44. The van der Waals surface area contributed by atoms with Gasteiger partial charge in [0.2, 0.25) is 0 Å². The van der Waals surface area contributed by atoms with Gasteiger partial charge in [-0.15, -0.1) is 0 Å². The van der Waals surface area contributed by atoms with Crippen LogP contribution in [0.4, 0.5) is 0 Å². The van der Waals surface area contributed by atoms with E-state index < -0.39 is 0 Å². The second-order valence-electron chi connectivity index (χ2n) is 13.8. The first kappa shape index (κ1) is 29.7. The van der Waals surface area contributed by atoms with Crippen molar-refractivity contribution in [3.8, 4) is 16.8 Å². The number of unbranched alkanes of at least 4 members (excludes halogenated alkanes) is 2. The zero-order chi connectivity index (χ0) is 32.9. The van der Waals surface area contributed by atoms with Gasteiger partial charge in [-0.2, -0.15) is 0 Å². The fraction of sp³-hybridized carbons (Fsp3) is 0.167. The van der Waals surface area contributed by atoms with Gasteiger partial charge in [-0.05, 0) is 133 Å². The highest BCUT2D eigenvalue weighted by Gasteiger charge is 2.18. The Morgan fingerprint density at radius 1 is 0.429 bits per heavy atom. The number of aromatic nitrogens is 1. The Balaban J connectivity index is 1.27. The van der Waals surface area contributed by atoms with Crippen molar-refractivity contribution in [2.24, 2.45) is 0 Å². The first-order chi connectivity index (χ1) is 24.2. The molecule has 0 atom stereocenters. The zero-order valence-electron chi connectivity index (χ0n) is 28.5. The van der Waals surface area contributed by atoms with Crippen LogP contribution in [0.15, 0.2) is 140 Å². The van der Waals surface area contributed by atoms with E-state index in [2.05, 4.69) is 158 Å². The standard InChI is InChI=1S/C48H41N/c1-3-5-13-32-21-27-45-42(29-32)43-30-33(14-6-4-2)22-28-46(43)49(45)36-25-23-34(24-26-36)47-37-16-8-7-15-35(37)31-44-40-19-10-9-17-38(40)39-18-11-12-20-41(39)48(44)47/h7-12,15-31H,3-6,13-14H2,1-2H3. The maximum absolute atomic E-state index is 2.48. The third-order valence-corrected chi connectivity index (χ3v) is 10.7.